The molecule has 0 saturated heterocycles. The van der Waals surface area contributed by atoms with Gasteiger partial charge in [-0.15, -0.1) is 0 Å². The van der Waals surface area contributed by atoms with Gasteiger partial charge in [0.1, 0.15) is 27.6 Å². The summed E-state index contributed by atoms with van der Waals surface area (Å²) in [6, 6.07) is 4.04. The number of nitrogens with zero attached hydrogens (tertiary/aromatic N) is 2. The van der Waals surface area contributed by atoms with Crippen LogP contribution in [0.4, 0.5) is 10.1 Å². The van der Waals surface area contributed by atoms with Crippen LogP contribution in [-0.2, 0) is 20.2 Å². The first-order chi connectivity index (χ1) is 13.7. The lowest BCUT2D eigenvalue weighted by molar-refractivity contribution is -0.112. The second-order valence-corrected chi connectivity index (χ2v) is 10.3. The van der Waals surface area contributed by atoms with Gasteiger partial charge in [0.05, 0.1) is 5.75 Å². The molecule has 3 N–H and O–H groups in total. The number of allylic oxidation sites excluding steroid dienone is 1. The van der Waals surface area contributed by atoms with Crippen LogP contribution in [0, 0.1) is 5.82 Å². The molecule has 4 rings (SSSR count). The van der Waals surface area contributed by atoms with Crippen molar-refractivity contribution in [1.29, 1.82) is 0 Å². The van der Waals surface area contributed by atoms with E-state index in [0.29, 0.717) is 24.2 Å². The minimum absolute atomic E-state index is 0.0491. The summed E-state index contributed by atoms with van der Waals surface area (Å²) < 4.78 is 39.6. The van der Waals surface area contributed by atoms with E-state index in [1.165, 1.54) is 18.2 Å². The zero-order chi connectivity index (χ0) is 20.9. The highest BCUT2D eigenvalue weighted by atomic mass is 32.2. The molecule has 9 heteroatoms. The van der Waals surface area contributed by atoms with Crippen LogP contribution in [0.2, 0.25) is 0 Å². The molecule has 2 heterocycles. The molecule has 1 unspecified atom stereocenters. The summed E-state index contributed by atoms with van der Waals surface area (Å²) in [5.74, 6) is -1.29. The van der Waals surface area contributed by atoms with Gasteiger partial charge in [-0.05, 0) is 57.2 Å². The van der Waals surface area contributed by atoms with Gasteiger partial charge in [0.25, 0.3) is 5.91 Å². The second-order valence-electron chi connectivity index (χ2n) is 8.00. The molecule has 154 valence electrons. The molecule has 29 heavy (non-hydrogen) atoms. The average molecular weight is 418 g/mol. The third kappa shape index (κ3) is 3.17. The van der Waals surface area contributed by atoms with Crippen LogP contribution >= 0.6 is 0 Å². The number of nitrogens with two attached hydrogens (primary N) is 1. The fourth-order valence-electron chi connectivity index (χ4n) is 4.14. The van der Waals surface area contributed by atoms with Gasteiger partial charge in [0.2, 0.25) is 0 Å². The Labute approximate surface area is 168 Å². The maximum Gasteiger partial charge on any atom is 0.273 e. The topological polar surface area (TPSA) is 114 Å². The van der Waals surface area contributed by atoms with Crippen molar-refractivity contribution in [2.45, 2.75) is 49.3 Å². The Morgan fingerprint density at radius 1 is 1.28 bits per heavy atom. The Bertz CT molecular complexity index is 1070. The van der Waals surface area contributed by atoms with Gasteiger partial charge in [-0.2, -0.15) is 0 Å². The summed E-state index contributed by atoms with van der Waals surface area (Å²) in [4.78, 5) is 20.9. The molecule has 0 aromatic heterocycles. The van der Waals surface area contributed by atoms with Crippen molar-refractivity contribution in [3.63, 3.8) is 0 Å². The zero-order valence-corrected chi connectivity index (χ0v) is 16.9. The minimum Gasteiger partial charge on any atom is -0.386 e. The van der Waals surface area contributed by atoms with E-state index in [1.807, 2.05) is 0 Å². The molecule has 1 aromatic carbocycles. The number of benzene rings is 1. The highest BCUT2D eigenvalue weighted by Crippen LogP contribution is 2.47. The number of amidine groups is 1. The fraction of sp³-hybridized carbons (Fsp3) is 0.450. The molecular weight excluding hydrogens is 395 g/mol. The largest absolute Gasteiger partial charge is 0.386 e. The first kappa shape index (κ1) is 19.8. The number of amides is 1. The van der Waals surface area contributed by atoms with E-state index in [0.717, 1.165) is 19.3 Å². The smallest absolute Gasteiger partial charge is 0.273 e. The van der Waals surface area contributed by atoms with Crippen LogP contribution in [0.25, 0.3) is 0 Å². The molecular formula is C20H23FN4O3S. The summed E-state index contributed by atoms with van der Waals surface area (Å²) in [6.07, 6.45) is 6.60. The monoisotopic (exact) mass is 418 g/mol. The van der Waals surface area contributed by atoms with Crippen molar-refractivity contribution in [2.24, 2.45) is 15.7 Å². The molecule has 0 radical (unpaired) electrons. The lowest BCUT2D eigenvalue weighted by Crippen LogP contribution is -2.61. The number of rotatable bonds is 3. The number of aliphatic imine (C=N–C) groups is 2. The minimum atomic E-state index is -3.60. The van der Waals surface area contributed by atoms with E-state index in [2.05, 4.69) is 15.3 Å². The van der Waals surface area contributed by atoms with Gasteiger partial charge in [-0.1, -0.05) is 6.08 Å². The van der Waals surface area contributed by atoms with Crippen LogP contribution < -0.4 is 11.1 Å². The van der Waals surface area contributed by atoms with Crippen LogP contribution in [0.5, 0.6) is 0 Å². The molecule has 7 nitrogen and oxygen atoms in total. The number of nitrogens with one attached hydrogen (secondary N) is 1. The van der Waals surface area contributed by atoms with Crippen LogP contribution in [-0.4, -0.2) is 36.9 Å². The molecule has 0 bridgehead atoms. The van der Waals surface area contributed by atoms with Crippen molar-refractivity contribution in [3.05, 3.63) is 41.4 Å². The van der Waals surface area contributed by atoms with Crippen molar-refractivity contribution < 1.29 is 17.6 Å². The summed E-state index contributed by atoms with van der Waals surface area (Å²) in [7, 11) is -3.60. The maximum absolute atomic E-state index is 14.7. The van der Waals surface area contributed by atoms with E-state index in [4.69, 9.17) is 5.73 Å². The van der Waals surface area contributed by atoms with E-state index in [9.17, 15) is 17.6 Å². The predicted molar refractivity (Wildman–Crippen MR) is 110 cm³/mol. The number of halogens is 1. The van der Waals surface area contributed by atoms with Crippen LogP contribution in [0.3, 0.4) is 0 Å². The Morgan fingerprint density at radius 3 is 2.62 bits per heavy atom. The molecule has 1 aromatic rings. The highest BCUT2D eigenvalue weighted by Gasteiger charge is 2.58. The quantitative estimate of drug-likeness (QED) is 0.785. The van der Waals surface area contributed by atoms with Crippen molar-refractivity contribution >= 4 is 33.5 Å². The van der Waals surface area contributed by atoms with Crippen molar-refractivity contribution in [3.8, 4) is 0 Å². The SMILES string of the molecule is CC1(c2cc(NC(=O)C3=CCCC=N3)ccc2F)CS(=O)(=O)C2(CCC2)C(N)=N1. The normalized spacial score (nSPS) is 27.0. The number of carbonyl (C=O) groups is 1. The fourth-order valence-corrected chi connectivity index (χ4v) is 6.65. The van der Waals surface area contributed by atoms with E-state index in [1.54, 1.807) is 19.2 Å². The standard InChI is InChI=1S/C20H23FN4O3S/c1-19(12-29(27,28)20(8-4-9-20)18(22)25-19)14-11-13(6-7-15(14)21)24-17(26)16-5-2-3-10-23-16/h5-7,10-11H,2-4,8-9,12H2,1H3,(H2,22,25)(H,24,26). The summed E-state index contributed by atoms with van der Waals surface area (Å²) >= 11 is 0. The zero-order valence-electron chi connectivity index (χ0n) is 16.1. The lowest BCUT2D eigenvalue weighted by Gasteiger charge is -2.46. The Kier molecular flexibility index (Phi) is 4.60. The number of anilines is 1. The van der Waals surface area contributed by atoms with E-state index in [-0.39, 0.29) is 17.2 Å². The van der Waals surface area contributed by atoms with Gasteiger partial charge >= 0.3 is 0 Å². The third-order valence-corrected chi connectivity index (χ3v) is 8.71. The van der Waals surface area contributed by atoms with Gasteiger partial charge in [0.15, 0.2) is 9.84 Å². The Morgan fingerprint density at radius 2 is 2.03 bits per heavy atom. The van der Waals surface area contributed by atoms with E-state index >= 15 is 0 Å². The predicted octanol–water partition coefficient (Wildman–Crippen LogP) is 2.44. The molecule has 1 saturated carbocycles. The van der Waals surface area contributed by atoms with Crippen LogP contribution in [0.1, 0.15) is 44.6 Å². The summed E-state index contributed by atoms with van der Waals surface area (Å²) in [5, 5.41) is 2.69. The Hall–Kier alpha value is -2.55. The van der Waals surface area contributed by atoms with Gasteiger partial charge in [-0.3, -0.25) is 14.8 Å². The highest BCUT2D eigenvalue weighted by molar-refractivity contribution is 7.93. The Balaban J connectivity index is 1.68. The first-order valence-corrected chi connectivity index (χ1v) is 11.2. The third-order valence-electron chi connectivity index (χ3n) is 5.96. The number of carbonyl (C=O) groups excluding carboxylic acids is 1. The second kappa shape index (κ2) is 6.76. The molecule has 3 aliphatic rings. The number of hydrogen-bond acceptors (Lipinski definition) is 6. The molecule has 2 aliphatic heterocycles. The van der Waals surface area contributed by atoms with E-state index < -0.39 is 31.8 Å². The lowest BCUT2D eigenvalue weighted by atomic mass is 9.82. The van der Waals surface area contributed by atoms with Crippen molar-refractivity contribution in [2.75, 3.05) is 11.1 Å². The van der Waals surface area contributed by atoms with Gasteiger partial charge < -0.3 is 11.1 Å². The molecule has 1 amide bonds. The maximum atomic E-state index is 14.7. The summed E-state index contributed by atoms with van der Waals surface area (Å²) in [5.41, 5.74) is 5.43. The first-order valence-electron chi connectivity index (χ1n) is 9.59. The van der Waals surface area contributed by atoms with Gasteiger partial charge in [-0.25, -0.2) is 12.8 Å². The van der Waals surface area contributed by atoms with Gasteiger partial charge in [0, 0.05) is 17.5 Å². The molecule has 1 aliphatic carbocycles. The van der Waals surface area contributed by atoms with Crippen molar-refractivity contribution in [1.82, 2.24) is 0 Å². The summed E-state index contributed by atoms with van der Waals surface area (Å²) in [6.45, 7) is 1.56. The molecule has 1 fully saturated rings. The number of hydrogen-bond donors (Lipinski definition) is 2. The number of sulfone groups is 1. The van der Waals surface area contributed by atoms with Crippen LogP contribution in [0.15, 0.2) is 40.0 Å². The average Bonchev–Trinajstić information content (AvgIpc) is 2.61. The molecule has 1 spiro atoms. The molecule has 1 atom stereocenters.